The van der Waals surface area contributed by atoms with Gasteiger partial charge in [-0.3, -0.25) is 19.2 Å². The van der Waals surface area contributed by atoms with Crippen LogP contribution < -0.4 is 0 Å². The Morgan fingerprint density at radius 3 is 1.74 bits per heavy atom. The van der Waals surface area contributed by atoms with Gasteiger partial charge in [-0.25, -0.2) is 5.01 Å². The Balaban J connectivity index is 1.61. The number of fused-ring (bicyclic) bond motifs is 5. The summed E-state index contributed by atoms with van der Waals surface area (Å²) in [5.41, 5.74) is -0.000297. The molecule has 204 valence electrons. The highest BCUT2D eigenvalue weighted by Gasteiger charge is 2.88. The van der Waals surface area contributed by atoms with Crippen LogP contribution in [-0.4, -0.2) is 54.1 Å². The maximum absolute atomic E-state index is 13.9. The lowest BCUT2D eigenvalue weighted by Gasteiger charge is -2.36. The third-order valence-electron chi connectivity index (χ3n) is 6.98. The van der Waals surface area contributed by atoms with Crippen molar-refractivity contribution >= 4 is 128 Å². The predicted octanol–water partition coefficient (Wildman–Crippen LogP) is 7.33. The molecule has 2 aromatic rings. The normalized spacial score (nSPS) is 28.8. The van der Waals surface area contributed by atoms with Gasteiger partial charge in [0.25, 0.3) is 17.7 Å². The maximum atomic E-state index is 13.9. The zero-order valence-electron chi connectivity index (χ0n) is 18.8. The SMILES string of the molecule is O=C(CN(C(=O)c1ccc(Cl)cc1Cl)N1C(=O)[C@H]2[C@H](C1=O)[C@@]1(Cl)C(Cl)=C(Cl)[C@@]2(Cl)C1(Cl)Cl)c1ccc(Cl)cc1. The molecule has 4 atom stereocenters. The molecule has 3 amide bonds. The number of hydrogen-bond acceptors (Lipinski definition) is 4. The second-order valence-electron chi connectivity index (χ2n) is 8.99. The first-order chi connectivity index (χ1) is 18.1. The maximum Gasteiger partial charge on any atom is 0.274 e. The minimum atomic E-state index is -2.17. The quantitative estimate of drug-likeness (QED) is 0.185. The highest BCUT2D eigenvalue weighted by atomic mass is 35.5. The topological polar surface area (TPSA) is 74.8 Å². The lowest BCUT2D eigenvalue weighted by atomic mass is 9.84. The number of nitrogens with zero attached hydrogens (tertiary/aromatic N) is 2. The van der Waals surface area contributed by atoms with Crippen LogP contribution in [0.1, 0.15) is 20.7 Å². The summed E-state index contributed by atoms with van der Waals surface area (Å²) in [5, 5.41) is 1.05. The van der Waals surface area contributed by atoms with Crippen LogP contribution in [0.3, 0.4) is 0 Å². The van der Waals surface area contributed by atoms with Crippen molar-refractivity contribution < 1.29 is 19.2 Å². The lowest BCUT2D eigenvalue weighted by molar-refractivity contribution is -0.154. The average Bonchev–Trinajstić information content (AvgIpc) is 3.26. The second kappa shape index (κ2) is 9.82. The summed E-state index contributed by atoms with van der Waals surface area (Å²) in [4.78, 5) is 50.6. The van der Waals surface area contributed by atoms with E-state index in [1.807, 2.05) is 0 Å². The van der Waals surface area contributed by atoms with Crippen molar-refractivity contribution in [3.8, 4) is 0 Å². The Labute approximate surface area is 266 Å². The number of allylic oxidation sites excluding steroid dienone is 2. The standard InChI is InChI=1S/C24H11Cl9N2O4/c25-10-3-1-9(2-4-10)14(36)8-34(19(37)12-6-5-11(26)7-13(12)27)35-20(38)15-16(21(35)39)23(31)18(29)17(28)22(15,30)24(23,32)33/h1-7,15-16H,8H2/t15-,16-,22-,23-/m1/s1. The number of amides is 3. The number of hydrogen-bond donors (Lipinski definition) is 0. The number of carbonyl (C=O) groups excluding carboxylic acids is 4. The zero-order valence-corrected chi connectivity index (χ0v) is 25.6. The number of ketones is 1. The van der Waals surface area contributed by atoms with Gasteiger partial charge in [0.1, 0.15) is 16.3 Å². The van der Waals surface area contributed by atoms with Gasteiger partial charge in [-0.1, -0.05) is 81.2 Å². The van der Waals surface area contributed by atoms with Crippen LogP contribution in [0.2, 0.25) is 15.1 Å². The molecule has 2 bridgehead atoms. The van der Waals surface area contributed by atoms with Gasteiger partial charge in [-0.2, -0.15) is 5.01 Å². The first kappa shape index (κ1) is 29.6. The molecule has 2 aliphatic carbocycles. The van der Waals surface area contributed by atoms with Gasteiger partial charge in [0, 0.05) is 15.6 Å². The van der Waals surface area contributed by atoms with Gasteiger partial charge in [0.05, 0.1) is 32.5 Å². The van der Waals surface area contributed by atoms with Crippen LogP contribution >= 0.6 is 104 Å². The van der Waals surface area contributed by atoms with Crippen LogP contribution in [0.15, 0.2) is 52.5 Å². The monoisotopic (exact) mass is 706 g/mol. The van der Waals surface area contributed by atoms with Crippen molar-refractivity contribution in [2.45, 2.75) is 14.1 Å². The number of hydrazine groups is 1. The number of alkyl halides is 4. The third kappa shape index (κ3) is 3.90. The lowest BCUT2D eigenvalue weighted by Crippen LogP contribution is -2.56. The highest BCUT2D eigenvalue weighted by molar-refractivity contribution is 6.66. The van der Waals surface area contributed by atoms with Crippen LogP contribution in [0.25, 0.3) is 0 Å². The number of benzene rings is 2. The van der Waals surface area contributed by atoms with E-state index in [1.54, 1.807) is 0 Å². The molecule has 39 heavy (non-hydrogen) atoms. The number of halogens is 9. The molecule has 2 aromatic carbocycles. The Morgan fingerprint density at radius 1 is 0.769 bits per heavy atom. The number of rotatable bonds is 5. The largest absolute Gasteiger partial charge is 0.292 e. The van der Waals surface area contributed by atoms with Crippen LogP contribution in [0.5, 0.6) is 0 Å². The van der Waals surface area contributed by atoms with Crippen molar-refractivity contribution in [1.29, 1.82) is 0 Å². The predicted molar refractivity (Wildman–Crippen MR) is 152 cm³/mol. The van der Waals surface area contributed by atoms with Gasteiger partial charge in [-0.05, 0) is 42.5 Å². The van der Waals surface area contributed by atoms with Crippen LogP contribution in [-0.2, 0) is 9.59 Å². The molecule has 0 aromatic heterocycles. The molecule has 0 radical (unpaired) electrons. The van der Waals surface area contributed by atoms with E-state index in [-0.39, 0.29) is 31.2 Å². The average molecular weight is 710 g/mol. The molecule has 5 rings (SSSR count). The minimum absolute atomic E-state index is 0.0910. The number of imide groups is 1. The zero-order chi connectivity index (χ0) is 28.8. The third-order valence-corrected chi connectivity index (χ3v) is 12.0. The van der Waals surface area contributed by atoms with Gasteiger partial charge in [0.15, 0.2) is 10.1 Å². The molecular weight excluding hydrogens is 699 g/mol. The summed E-state index contributed by atoms with van der Waals surface area (Å²) < 4.78 is -2.17. The number of carbonyl (C=O) groups is 4. The van der Waals surface area contributed by atoms with E-state index in [9.17, 15) is 19.2 Å². The molecule has 1 aliphatic heterocycles. The fraction of sp³-hybridized carbons (Fsp3) is 0.250. The van der Waals surface area contributed by atoms with Crippen molar-refractivity contribution in [3.63, 3.8) is 0 Å². The van der Waals surface area contributed by atoms with E-state index in [0.717, 1.165) is 0 Å². The Morgan fingerprint density at radius 2 is 1.26 bits per heavy atom. The van der Waals surface area contributed by atoms with Crippen LogP contribution in [0, 0.1) is 11.8 Å². The summed E-state index contributed by atoms with van der Waals surface area (Å²) in [6.45, 7) is -0.761. The van der Waals surface area contributed by atoms with E-state index < -0.39 is 56.0 Å². The molecule has 0 unspecified atom stereocenters. The molecule has 3 aliphatic rings. The summed E-state index contributed by atoms with van der Waals surface area (Å²) in [6, 6.07) is 9.73. The van der Waals surface area contributed by atoms with Crippen molar-refractivity contribution in [2.75, 3.05) is 6.54 Å². The van der Waals surface area contributed by atoms with E-state index in [0.29, 0.717) is 15.0 Å². The summed E-state index contributed by atoms with van der Waals surface area (Å²) >= 11 is 57.4. The molecule has 15 heteroatoms. The van der Waals surface area contributed by atoms with Gasteiger partial charge < -0.3 is 0 Å². The summed E-state index contributed by atoms with van der Waals surface area (Å²) in [5.74, 6) is -6.67. The van der Waals surface area contributed by atoms with E-state index in [4.69, 9.17) is 104 Å². The fourth-order valence-electron chi connectivity index (χ4n) is 5.12. The molecule has 6 nitrogen and oxygen atoms in total. The van der Waals surface area contributed by atoms with Gasteiger partial charge >= 0.3 is 0 Å². The molecule has 0 N–H and O–H groups in total. The first-order valence-electron chi connectivity index (χ1n) is 10.9. The molecule has 1 saturated carbocycles. The Hall–Kier alpha value is -0.930. The second-order valence-corrected chi connectivity index (χ2v) is 13.5. The molecule has 0 spiro atoms. The van der Waals surface area contributed by atoms with Crippen molar-refractivity contribution in [1.82, 2.24) is 10.0 Å². The highest BCUT2D eigenvalue weighted by Crippen LogP contribution is 2.77. The molecule has 1 heterocycles. The van der Waals surface area contributed by atoms with Gasteiger partial charge in [0.2, 0.25) is 0 Å². The Kier molecular flexibility index (Phi) is 7.45. The van der Waals surface area contributed by atoms with E-state index in [1.165, 1.54) is 42.5 Å². The Bertz CT molecular complexity index is 1470. The molecule has 2 fully saturated rings. The van der Waals surface area contributed by atoms with Crippen LogP contribution in [0.4, 0.5) is 0 Å². The van der Waals surface area contributed by atoms with Crippen molar-refractivity contribution in [2.24, 2.45) is 11.8 Å². The fourth-order valence-corrected chi connectivity index (χ4v) is 8.66. The molecule has 1 saturated heterocycles. The minimum Gasteiger partial charge on any atom is -0.292 e. The number of Topliss-reactive ketones (excluding diaryl/α,β-unsaturated/α-hetero) is 1. The molecular formula is C24H11Cl9N2O4. The van der Waals surface area contributed by atoms with E-state index in [2.05, 4.69) is 0 Å². The first-order valence-corrected chi connectivity index (χ1v) is 14.3. The van der Waals surface area contributed by atoms with Gasteiger partial charge in [-0.15, -0.1) is 23.2 Å². The van der Waals surface area contributed by atoms with Crippen molar-refractivity contribution in [3.05, 3.63) is 78.7 Å². The smallest absolute Gasteiger partial charge is 0.274 e. The van der Waals surface area contributed by atoms with E-state index >= 15 is 0 Å². The summed E-state index contributed by atoms with van der Waals surface area (Å²) in [6.07, 6.45) is 0. The summed E-state index contributed by atoms with van der Waals surface area (Å²) in [7, 11) is 0.